The zero-order valence-electron chi connectivity index (χ0n) is 18.7. The number of ether oxygens (including phenoxy) is 1. The van der Waals surface area contributed by atoms with Crippen LogP contribution in [0.15, 0.2) is 45.3 Å². The SMILES string of the molecule is CC[C@H](C)NC(=O)[C@H](C)N(Cc1cccc(Br)c1)C(=O)COc1cc(C)c(Br)c(C)c1. The second kappa shape index (κ2) is 11.7. The van der Waals surface area contributed by atoms with Crippen LogP contribution in [0.25, 0.3) is 0 Å². The smallest absolute Gasteiger partial charge is 0.261 e. The van der Waals surface area contributed by atoms with Gasteiger partial charge < -0.3 is 15.0 Å². The van der Waals surface area contributed by atoms with E-state index in [1.165, 1.54) is 0 Å². The Morgan fingerprint density at radius 1 is 1.10 bits per heavy atom. The fourth-order valence-electron chi connectivity index (χ4n) is 3.10. The van der Waals surface area contributed by atoms with E-state index in [0.29, 0.717) is 12.3 Å². The van der Waals surface area contributed by atoms with E-state index in [1.807, 2.05) is 64.1 Å². The standard InChI is InChI=1S/C24H30Br2N2O3/c1-6-17(4)27-24(30)18(5)28(13-19-8-7-9-20(25)12-19)22(29)14-31-21-10-15(2)23(26)16(3)11-21/h7-12,17-18H,6,13-14H2,1-5H3,(H,27,30)/t17-,18-/m0/s1. The van der Waals surface area contributed by atoms with E-state index in [4.69, 9.17) is 4.74 Å². The van der Waals surface area contributed by atoms with Crippen molar-refractivity contribution < 1.29 is 14.3 Å². The third-order valence-corrected chi connectivity index (χ3v) is 6.93. The van der Waals surface area contributed by atoms with Crippen LogP contribution in [0.2, 0.25) is 0 Å². The van der Waals surface area contributed by atoms with Crippen molar-refractivity contribution in [1.82, 2.24) is 10.2 Å². The quantitative estimate of drug-likeness (QED) is 0.443. The minimum atomic E-state index is -0.627. The molecule has 0 bridgehead atoms. The molecule has 168 valence electrons. The zero-order valence-corrected chi connectivity index (χ0v) is 21.8. The van der Waals surface area contributed by atoms with Crippen LogP contribution in [-0.4, -0.2) is 35.4 Å². The number of aryl methyl sites for hydroxylation is 2. The molecule has 0 heterocycles. The first-order valence-electron chi connectivity index (χ1n) is 10.4. The van der Waals surface area contributed by atoms with Gasteiger partial charge in [-0.15, -0.1) is 0 Å². The van der Waals surface area contributed by atoms with Gasteiger partial charge in [-0.3, -0.25) is 9.59 Å². The van der Waals surface area contributed by atoms with Crippen molar-refractivity contribution in [2.75, 3.05) is 6.61 Å². The molecule has 0 radical (unpaired) electrons. The van der Waals surface area contributed by atoms with Crippen LogP contribution in [0, 0.1) is 13.8 Å². The van der Waals surface area contributed by atoms with E-state index in [-0.39, 0.29) is 24.5 Å². The topological polar surface area (TPSA) is 58.6 Å². The molecule has 0 spiro atoms. The molecule has 2 amide bonds. The number of rotatable bonds is 9. The number of halogens is 2. The lowest BCUT2D eigenvalue weighted by molar-refractivity contribution is -0.142. The van der Waals surface area contributed by atoms with Crippen molar-refractivity contribution in [3.63, 3.8) is 0 Å². The number of carbonyl (C=O) groups excluding carboxylic acids is 2. The average molecular weight is 554 g/mol. The lowest BCUT2D eigenvalue weighted by Crippen LogP contribution is -2.50. The summed E-state index contributed by atoms with van der Waals surface area (Å²) < 4.78 is 7.75. The van der Waals surface area contributed by atoms with Crippen molar-refractivity contribution in [2.24, 2.45) is 0 Å². The lowest BCUT2D eigenvalue weighted by atomic mass is 10.1. The molecular formula is C24H30Br2N2O3. The van der Waals surface area contributed by atoms with E-state index in [1.54, 1.807) is 11.8 Å². The second-order valence-electron chi connectivity index (χ2n) is 7.81. The average Bonchev–Trinajstić information content (AvgIpc) is 2.73. The maximum atomic E-state index is 13.1. The summed E-state index contributed by atoms with van der Waals surface area (Å²) >= 11 is 7.01. The van der Waals surface area contributed by atoms with E-state index in [0.717, 1.165) is 32.1 Å². The highest BCUT2D eigenvalue weighted by atomic mass is 79.9. The van der Waals surface area contributed by atoms with Gasteiger partial charge >= 0.3 is 0 Å². The number of hydrogen-bond donors (Lipinski definition) is 1. The highest BCUT2D eigenvalue weighted by Crippen LogP contribution is 2.26. The fourth-order valence-corrected chi connectivity index (χ4v) is 3.77. The third-order valence-electron chi connectivity index (χ3n) is 5.18. The molecule has 2 atom stereocenters. The molecule has 31 heavy (non-hydrogen) atoms. The van der Waals surface area contributed by atoms with Gasteiger partial charge in [0.2, 0.25) is 5.91 Å². The first-order chi connectivity index (χ1) is 14.6. The maximum absolute atomic E-state index is 13.1. The number of benzene rings is 2. The number of hydrogen-bond acceptors (Lipinski definition) is 3. The second-order valence-corrected chi connectivity index (χ2v) is 9.51. The van der Waals surface area contributed by atoms with Crippen molar-refractivity contribution in [3.05, 3.63) is 62.0 Å². The van der Waals surface area contributed by atoms with Crippen molar-refractivity contribution in [1.29, 1.82) is 0 Å². The summed E-state index contributed by atoms with van der Waals surface area (Å²) in [5.74, 6) is 0.212. The molecule has 1 N–H and O–H groups in total. The van der Waals surface area contributed by atoms with Crippen LogP contribution < -0.4 is 10.1 Å². The Bertz CT molecular complexity index is 910. The van der Waals surface area contributed by atoms with Crippen LogP contribution in [0.5, 0.6) is 5.75 Å². The zero-order chi connectivity index (χ0) is 23.1. The Morgan fingerprint density at radius 2 is 1.74 bits per heavy atom. The Hall–Kier alpha value is -1.86. The molecule has 0 aliphatic carbocycles. The summed E-state index contributed by atoms with van der Waals surface area (Å²) in [6.45, 7) is 9.84. The molecule has 0 aliphatic rings. The van der Waals surface area contributed by atoms with Crippen molar-refractivity contribution in [3.8, 4) is 5.75 Å². The highest BCUT2D eigenvalue weighted by Gasteiger charge is 2.27. The highest BCUT2D eigenvalue weighted by molar-refractivity contribution is 9.10. The van der Waals surface area contributed by atoms with E-state index < -0.39 is 6.04 Å². The lowest BCUT2D eigenvalue weighted by Gasteiger charge is -2.29. The van der Waals surface area contributed by atoms with Crippen molar-refractivity contribution >= 4 is 43.7 Å². The molecule has 0 aliphatic heterocycles. The van der Waals surface area contributed by atoms with Gasteiger partial charge in [-0.1, -0.05) is 50.9 Å². The molecule has 2 rings (SSSR count). The van der Waals surface area contributed by atoms with E-state index in [9.17, 15) is 9.59 Å². The number of nitrogens with zero attached hydrogens (tertiary/aromatic N) is 1. The van der Waals surface area contributed by atoms with Crippen molar-refractivity contribution in [2.45, 2.75) is 59.7 Å². The maximum Gasteiger partial charge on any atom is 0.261 e. The Kier molecular flexibility index (Phi) is 9.56. The summed E-state index contributed by atoms with van der Waals surface area (Å²) in [6.07, 6.45) is 0.823. The van der Waals surface area contributed by atoms with Gasteiger partial charge in [0, 0.05) is 21.5 Å². The summed E-state index contributed by atoms with van der Waals surface area (Å²) in [6, 6.07) is 10.9. The van der Waals surface area contributed by atoms with Crippen LogP contribution in [-0.2, 0) is 16.1 Å². The molecular weight excluding hydrogens is 524 g/mol. The van der Waals surface area contributed by atoms with Gasteiger partial charge in [-0.2, -0.15) is 0 Å². The normalized spacial score (nSPS) is 12.7. The summed E-state index contributed by atoms with van der Waals surface area (Å²) in [5, 5.41) is 2.97. The first kappa shape index (κ1) is 25.4. The molecule has 2 aromatic rings. The van der Waals surface area contributed by atoms with Crippen LogP contribution in [0.3, 0.4) is 0 Å². The Balaban J connectivity index is 2.19. The van der Waals surface area contributed by atoms with Gasteiger partial charge in [0.25, 0.3) is 5.91 Å². The van der Waals surface area contributed by atoms with Crippen LogP contribution >= 0.6 is 31.9 Å². The van der Waals surface area contributed by atoms with Gasteiger partial charge in [0.1, 0.15) is 11.8 Å². The van der Waals surface area contributed by atoms with Gasteiger partial charge in [-0.25, -0.2) is 0 Å². The number of nitrogens with one attached hydrogen (secondary N) is 1. The molecule has 0 saturated heterocycles. The molecule has 5 nitrogen and oxygen atoms in total. The van der Waals surface area contributed by atoms with Gasteiger partial charge in [0.15, 0.2) is 6.61 Å². The predicted octanol–water partition coefficient (Wildman–Crippen LogP) is 5.54. The third kappa shape index (κ3) is 7.35. The van der Waals surface area contributed by atoms with Gasteiger partial charge in [0.05, 0.1) is 0 Å². The number of carbonyl (C=O) groups is 2. The fraction of sp³-hybridized carbons (Fsp3) is 0.417. The Morgan fingerprint density at radius 3 is 2.32 bits per heavy atom. The Labute approximate surface area is 201 Å². The van der Waals surface area contributed by atoms with E-state index >= 15 is 0 Å². The molecule has 0 saturated carbocycles. The summed E-state index contributed by atoms with van der Waals surface area (Å²) in [7, 11) is 0. The predicted molar refractivity (Wildman–Crippen MR) is 131 cm³/mol. The van der Waals surface area contributed by atoms with E-state index in [2.05, 4.69) is 37.2 Å². The monoisotopic (exact) mass is 552 g/mol. The molecule has 7 heteroatoms. The molecule has 0 fully saturated rings. The number of amides is 2. The minimum Gasteiger partial charge on any atom is -0.484 e. The van der Waals surface area contributed by atoms with Crippen LogP contribution in [0.1, 0.15) is 43.9 Å². The summed E-state index contributed by atoms with van der Waals surface area (Å²) in [4.78, 5) is 27.5. The molecule has 2 aromatic carbocycles. The molecule has 0 unspecified atom stereocenters. The minimum absolute atomic E-state index is 0.0442. The van der Waals surface area contributed by atoms with Gasteiger partial charge in [-0.05, 0) is 75.1 Å². The molecule has 0 aromatic heterocycles. The van der Waals surface area contributed by atoms with Crippen LogP contribution in [0.4, 0.5) is 0 Å². The largest absolute Gasteiger partial charge is 0.484 e. The first-order valence-corrected chi connectivity index (χ1v) is 11.9. The summed E-state index contributed by atoms with van der Waals surface area (Å²) in [5.41, 5.74) is 3.01.